The third-order valence-corrected chi connectivity index (χ3v) is 3.85. The average molecular weight is 226 g/mol. The van der Waals surface area contributed by atoms with Crippen LogP contribution in [0.1, 0.15) is 32.6 Å². The molecule has 1 atom stereocenters. The van der Waals surface area contributed by atoms with E-state index in [1.165, 1.54) is 0 Å². The first-order valence-corrected chi connectivity index (χ1v) is 6.25. The Kier molecular flexibility index (Phi) is 3.50. The molecule has 0 bridgehead atoms. The van der Waals surface area contributed by atoms with Gasteiger partial charge in [0.25, 0.3) is 5.91 Å². The van der Waals surface area contributed by atoms with Gasteiger partial charge in [0, 0.05) is 19.7 Å². The van der Waals surface area contributed by atoms with Crippen molar-refractivity contribution in [1.29, 1.82) is 0 Å². The Morgan fingerprint density at radius 1 is 1.44 bits per heavy atom. The number of ether oxygens (including phenoxy) is 1. The molecule has 0 aromatic heterocycles. The summed E-state index contributed by atoms with van der Waals surface area (Å²) in [6, 6.07) is 0.384. The van der Waals surface area contributed by atoms with E-state index in [9.17, 15) is 4.79 Å². The lowest BCUT2D eigenvalue weighted by Crippen LogP contribution is -2.51. The van der Waals surface area contributed by atoms with E-state index in [0.717, 1.165) is 45.4 Å². The molecule has 16 heavy (non-hydrogen) atoms. The monoisotopic (exact) mass is 226 g/mol. The first-order valence-electron chi connectivity index (χ1n) is 6.25. The molecule has 2 saturated heterocycles. The summed E-state index contributed by atoms with van der Waals surface area (Å²) in [6.45, 7) is 4.68. The largest absolute Gasteiger partial charge is 0.365 e. The fourth-order valence-corrected chi connectivity index (χ4v) is 2.68. The van der Waals surface area contributed by atoms with Crippen molar-refractivity contribution in [2.75, 3.05) is 26.7 Å². The number of nitrogens with one attached hydrogen (secondary N) is 1. The number of hydrogen-bond acceptors (Lipinski definition) is 3. The van der Waals surface area contributed by atoms with E-state index in [4.69, 9.17) is 4.74 Å². The van der Waals surface area contributed by atoms with E-state index < -0.39 is 5.60 Å². The molecule has 1 unspecified atom stereocenters. The minimum absolute atomic E-state index is 0.164. The molecule has 0 aromatic carbocycles. The lowest BCUT2D eigenvalue weighted by Gasteiger charge is -2.36. The number of carbonyl (C=O) groups is 1. The van der Waals surface area contributed by atoms with Gasteiger partial charge in [-0.05, 0) is 45.7 Å². The van der Waals surface area contributed by atoms with E-state index >= 15 is 0 Å². The second-order valence-electron chi connectivity index (χ2n) is 5.08. The van der Waals surface area contributed by atoms with E-state index in [1.54, 1.807) is 0 Å². The summed E-state index contributed by atoms with van der Waals surface area (Å²) in [7, 11) is 1.92. The number of rotatable bonds is 2. The van der Waals surface area contributed by atoms with Gasteiger partial charge in [-0.25, -0.2) is 0 Å². The fraction of sp³-hybridized carbons (Fsp3) is 0.917. The van der Waals surface area contributed by atoms with Gasteiger partial charge in [-0.3, -0.25) is 4.79 Å². The Bertz CT molecular complexity index is 256. The molecule has 1 N–H and O–H groups in total. The molecule has 92 valence electrons. The molecule has 4 nitrogen and oxygen atoms in total. The summed E-state index contributed by atoms with van der Waals surface area (Å²) in [4.78, 5) is 14.3. The number of amides is 1. The minimum Gasteiger partial charge on any atom is -0.365 e. The smallest absolute Gasteiger partial charge is 0.254 e. The maximum absolute atomic E-state index is 12.3. The summed E-state index contributed by atoms with van der Waals surface area (Å²) in [6.07, 6.45) is 3.97. The Morgan fingerprint density at radius 2 is 2.12 bits per heavy atom. The number of hydrogen-bond donors (Lipinski definition) is 1. The normalized spacial score (nSPS) is 31.6. The average Bonchev–Trinajstić information content (AvgIpc) is 2.77. The maximum atomic E-state index is 12.3. The Labute approximate surface area is 97.3 Å². The number of nitrogens with zero attached hydrogens (tertiary/aromatic N) is 1. The highest BCUT2D eigenvalue weighted by atomic mass is 16.5. The summed E-state index contributed by atoms with van der Waals surface area (Å²) in [5, 5.41) is 3.32. The highest BCUT2D eigenvalue weighted by Crippen LogP contribution is 2.28. The van der Waals surface area contributed by atoms with Crippen LogP contribution in [0.2, 0.25) is 0 Å². The molecule has 2 heterocycles. The van der Waals surface area contributed by atoms with Gasteiger partial charge in [-0.1, -0.05) is 0 Å². The molecule has 0 spiro atoms. The predicted octanol–water partition coefficient (Wildman–Crippen LogP) is 0.766. The predicted molar refractivity (Wildman–Crippen MR) is 62.3 cm³/mol. The molecule has 2 aliphatic rings. The Morgan fingerprint density at radius 3 is 2.69 bits per heavy atom. The van der Waals surface area contributed by atoms with E-state index in [2.05, 4.69) is 5.32 Å². The number of piperidine rings is 1. The summed E-state index contributed by atoms with van der Waals surface area (Å²) in [5.74, 6) is 0.164. The minimum atomic E-state index is -0.556. The van der Waals surface area contributed by atoms with Crippen LogP contribution >= 0.6 is 0 Å². The molecule has 2 rings (SSSR count). The summed E-state index contributed by atoms with van der Waals surface area (Å²) in [5.41, 5.74) is -0.556. The highest BCUT2D eigenvalue weighted by Gasteiger charge is 2.41. The van der Waals surface area contributed by atoms with Crippen LogP contribution in [0.4, 0.5) is 0 Å². The van der Waals surface area contributed by atoms with Gasteiger partial charge < -0.3 is 15.0 Å². The maximum Gasteiger partial charge on any atom is 0.254 e. The number of carbonyl (C=O) groups excluding carboxylic acids is 1. The lowest BCUT2D eigenvalue weighted by molar-refractivity contribution is -0.152. The lowest BCUT2D eigenvalue weighted by atomic mass is 9.98. The third kappa shape index (κ3) is 2.23. The van der Waals surface area contributed by atoms with E-state index in [1.807, 2.05) is 18.9 Å². The zero-order chi connectivity index (χ0) is 11.6. The fourth-order valence-electron chi connectivity index (χ4n) is 2.68. The van der Waals surface area contributed by atoms with Gasteiger partial charge in [-0.2, -0.15) is 0 Å². The summed E-state index contributed by atoms with van der Waals surface area (Å²) >= 11 is 0. The molecule has 0 saturated carbocycles. The van der Waals surface area contributed by atoms with Gasteiger partial charge in [0.15, 0.2) is 0 Å². The van der Waals surface area contributed by atoms with Crippen LogP contribution < -0.4 is 5.32 Å². The van der Waals surface area contributed by atoms with Gasteiger partial charge in [0.1, 0.15) is 5.60 Å². The molecule has 4 heteroatoms. The van der Waals surface area contributed by atoms with Crippen molar-refractivity contribution < 1.29 is 9.53 Å². The van der Waals surface area contributed by atoms with Crippen LogP contribution in [0.3, 0.4) is 0 Å². The molecule has 1 amide bonds. The highest BCUT2D eigenvalue weighted by molar-refractivity contribution is 5.85. The summed E-state index contributed by atoms with van der Waals surface area (Å²) < 4.78 is 5.61. The molecule has 2 fully saturated rings. The Hall–Kier alpha value is -0.610. The zero-order valence-electron chi connectivity index (χ0n) is 10.3. The van der Waals surface area contributed by atoms with Gasteiger partial charge in [-0.15, -0.1) is 0 Å². The topological polar surface area (TPSA) is 41.6 Å². The molecular formula is C12H22N2O2. The van der Waals surface area contributed by atoms with E-state index in [-0.39, 0.29) is 5.91 Å². The first kappa shape index (κ1) is 11.9. The zero-order valence-corrected chi connectivity index (χ0v) is 10.3. The molecule has 0 aromatic rings. The van der Waals surface area contributed by atoms with Crippen LogP contribution in [-0.4, -0.2) is 49.2 Å². The van der Waals surface area contributed by atoms with Crippen LogP contribution in [-0.2, 0) is 9.53 Å². The van der Waals surface area contributed by atoms with Crippen LogP contribution in [0.15, 0.2) is 0 Å². The van der Waals surface area contributed by atoms with Crippen molar-refractivity contribution in [2.24, 2.45) is 0 Å². The van der Waals surface area contributed by atoms with Crippen LogP contribution in [0.25, 0.3) is 0 Å². The van der Waals surface area contributed by atoms with Crippen molar-refractivity contribution in [2.45, 2.75) is 44.2 Å². The first-order chi connectivity index (χ1) is 7.63. The molecular weight excluding hydrogens is 204 g/mol. The van der Waals surface area contributed by atoms with Crippen molar-refractivity contribution in [3.05, 3.63) is 0 Å². The second-order valence-corrected chi connectivity index (χ2v) is 5.08. The SMILES string of the molecule is CN(C(=O)C1(C)CCCO1)C1CCNCC1. The van der Waals surface area contributed by atoms with E-state index in [0.29, 0.717) is 6.04 Å². The van der Waals surface area contributed by atoms with Gasteiger partial charge >= 0.3 is 0 Å². The van der Waals surface area contributed by atoms with Crippen molar-refractivity contribution in [3.63, 3.8) is 0 Å². The Balaban J connectivity index is 1.97. The standard InChI is InChI=1S/C12H22N2O2/c1-12(6-3-9-16-12)11(15)14(2)10-4-7-13-8-5-10/h10,13H,3-9H2,1-2H3. The third-order valence-electron chi connectivity index (χ3n) is 3.85. The second kappa shape index (κ2) is 4.72. The van der Waals surface area contributed by atoms with Crippen LogP contribution in [0.5, 0.6) is 0 Å². The van der Waals surface area contributed by atoms with Gasteiger partial charge in [0.2, 0.25) is 0 Å². The quantitative estimate of drug-likeness (QED) is 0.756. The molecule has 0 aliphatic carbocycles. The number of likely N-dealkylation sites (N-methyl/N-ethyl adjacent to an activating group) is 1. The van der Waals surface area contributed by atoms with Crippen molar-refractivity contribution in [3.8, 4) is 0 Å². The molecule has 0 radical (unpaired) electrons. The van der Waals surface area contributed by atoms with Crippen molar-refractivity contribution in [1.82, 2.24) is 10.2 Å². The van der Waals surface area contributed by atoms with Crippen LogP contribution in [0, 0.1) is 0 Å². The molecule has 2 aliphatic heterocycles. The van der Waals surface area contributed by atoms with Crippen molar-refractivity contribution >= 4 is 5.91 Å². The van der Waals surface area contributed by atoms with Gasteiger partial charge in [0.05, 0.1) is 0 Å².